The van der Waals surface area contributed by atoms with Crippen LogP contribution in [0, 0.1) is 0 Å². The smallest absolute Gasteiger partial charge is 0.255 e. The van der Waals surface area contributed by atoms with Crippen molar-refractivity contribution in [3.63, 3.8) is 0 Å². The number of halogens is 1. The van der Waals surface area contributed by atoms with E-state index in [0.717, 1.165) is 0 Å². The van der Waals surface area contributed by atoms with E-state index in [1.54, 1.807) is 17.0 Å². The Hall–Kier alpha value is -0.940. The van der Waals surface area contributed by atoms with Crippen LogP contribution < -0.4 is 0 Å². The van der Waals surface area contributed by atoms with E-state index >= 15 is 0 Å². The van der Waals surface area contributed by atoms with Crippen LogP contribution in [0.15, 0.2) is 18.3 Å². The van der Waals surface area contributed by atoms with Gasteiger partial charge in [-0.3, -0.25) is 9.00 Å². The van der Waals surface area contributed by atoms with E-state index in [2.05, 4.69) is 4.98 Å². The number of nitrogens with zero attached hydrogens (tertiary/aromatic N) is 2. The van der Waals surface area contributed by atoms with Crippen molar-refractivity contribution in [2.24, 2.45) is 0 Å². The summed E-state index contributed by atoms with van der Waals surface area (Å²) >= 11 is 5.65. The molecule has 0 saturated carbocycles. The Morgan fingerprint density at radius 3 is 2.62 bits per heavy atom. The van der Waals surface area contributed by atoms with Gasteiger partial charge in [0.1, 0.15) is 5.15 Å². The van der Waals surface area contributed by atoms with Gasteiger partial charge in [-0.1, -0.05) is 11.6 Å². The number of hydrogen-bond acceptors (Lipinski definition) is 3. The van der Waals surface area contributed by atoms with Gasteiger partial charge in [-0.2, -0.15) is 0 Å². The normalized spacial score (nSPS) is 17.4. The van der Waals surface area contributed by atoms with Crippen LogP contribution in [0.3, 0.4) is 0 Å². The molecule has 1 aliphatic rings. The predicted molar refractivity (Wildman–Crippen MR) is 63.0 cm³/mol. The third-order valence-corrected chi connectivity index (χ3v) is 3.94. The summed E-state index contributed by atoms with van der Waals surface area (Å²) < 4.78 is 11.2. The van der Waals surface area contributed by atoms with E-state index in [1.165, 1.54) is 6.20 Å². The lowest BCUT2D eigenvalue weighted by atomic mass is 10.2. The van der Waals surface area contributed by atoms with Crippen molar-refractivity contribution in [3.8, 4) is 0 Å². The molecule has 1 aliphatic heterocycles. The summed E-state index contributed by atoms with van der Waals surface area (Å²) in [5.41, 5.74) is 0.525. The standard InChI is InChI=1S/C10H11ClN2O2S/c11-9-2-1-8(7-12-9)10(14)13-3-5-16(15)6-4-13/h1-2,7H,3-6H2. The summed E-state index contributed by atoms with van der Waals surface area (Å²) in [5, 5.41) is 0.372. The van der Waals surface area contributed by atoms with Gasteiger partial charge in [-0.05, 0) is 12.1 Å². The molecule has 1 aromatic heterocycles. The molecule has 0 aliphatic carbocycles. The summed E-state index contributed by atoms with van der Waals surface area (Å²) in [4.78, 5) is 17.5. The van der Waals surface area contributed by atoms with E-state index in [0.29, 0.717) is 35.3 Å². The topological polar surface area (TPSA) is 50.3 Å². The molecule has 2 rings (SSSR count). The van der Waals surface area contributed by atoms with Crippen LogP contribution >= 0.6 is 11.6 Å². The summed E-state index contributed by atoms with van der Waals surface area (Å²) in [6, 6.07) is 3.25. The SMILES string of the molecule is O=C(c1ccc(Cl)nc1)N1CCS(=O)CC1. The van der Waals surface area contributed by atoms with Gasteiger partial charge in [0, 0.05) is 41.6 Å². The molecular formula is C10H11ClN2O2S. The molecular weight excluding hydrogens is 248 g/mol. The van der Waals surface area contributed by atoms with Gasteiger partial charge < -0.3 is 4.90 Å². The van der Waals surface area contributed by atoms with Crippen molar-refractivity contribution in [1.82, 2.24) is 9.88 Å². The molecule has 0 radical (unpaired) electrons. The van der Waals surface area contributed by atoms with Gasteiger partial charge in [0.2, 0.25) is 0 Å². The molecule has 1 amide bonds. The second kappa shape index (κ2) is 4.93. The first-order valence-corrected chi connectivity index (χ1v) is 6.79. The van der Waals surface area contributed by atoms with Gasteiger partial charge in [-0.15, -0.1) is 0 Å². The third-order valence-electron chi connectivity index (χ3n) is 2.44. The molecule has 1 fully saturated rings. The maximum atomic E-state index is 12.0. The second-order valence-electron chi connectivity index (χ2n) is 3.51. The molecule has 0 unspecified atom stereocenters. The van der Waals surface area contributed by atoms with Gasteiger partial charge >= 0.3 is 0 Å². The van der Waals surface area contributed by atoms with Gasteiger partial charge in [0.05, 0.1) is 5.56 Å². The molecule has 86 valence electrons. The number of aromatic nitrogens is 1. The number of rotatable bonds is 1. The average Bonchev–Trinajstić information content (AvgIpc) is 2.30. The average molecular weight is 259 g/mol. The summed E-state index contributed by atoms with van der Waals surface area (Å²) in [5.74, 6) is 1.06. The minimum Gasteiger partial charge on any atom is -0.337 e. The van der Waals surface area contributed by atoms with Crippen LogP contribution in [-0.2, 0) is 10.8 Å². The second-order valence-corrected chi connectivity index (χ2v) is 5.59. The summed E-state index contributed by atoms with van der Waals surface area (Å²) in [6.07, 6.45) is 1.47. The predicted octanol–water partition coefficient (Wildman–Crippen LogP) is 0.939. The molecule has 0 N–H and O–H groups in total. The van der Waals surface area contributed by atoms with Crippen molar-refractivity contribution in [2.45, 2.75) is 0 Å². The van der Waals surface area contributed by atoms with E-state index < -0.39 is 10.8 Å². The Bertz CT molecular complexity index is 411. The summed E-state index contributed by atoms with van der Waals surface area (Å²) in [6.45, 7) is 1.10. The fraction of sp³-hybridized carbons (Fsp3) is 0.400. The molecule has 0 aromatic carbocycles. The Balaban J connectivity index is 2.07. The van der Waals surface area contributed by atoms with E-state index in [-0.39, 0.29) is 5.91 Å². The first kappa shape index (κ1) is 11.5. The van der Waals surface area contributed by atoms with Crippen molar-refractivity contribution in [1.29, 1.82) is 0 Å². The van der Waals surface area contributed by atoms with E-state index in [4.69, 9.17) is 11.6 Å². The molecule has 1 saturated heterocycles. The number of carbonyl (C=O) groups excluding carboxylic acids is 1. The lowest BCUT2D eigenvalue weighted by molar-refractivity contribution is 0.0771. The van der Waals surface area contributed by atoms with E-state index in [9.17, 15) is 9.00 Å². The van der Waals surface area contributed by atoms with Gasteiger partial charge in [-0.25, -0.2) is 4.98 Å². The zero-order valence-corrected chi connectivity index (χ0v) is 10.1. The number of hydrogen-bond donors (Lipinski definition) is 0. The van der Waals surface area contributed by atoms with Crippen LogP contribution in [0.5, 0.6) is 0 Å². The highest BCUT2D eigenvalue weighted by Gasteiger charge is 2.21. The fourth-order valence-corrected chi connectivity index (χ4v) is 2.69. The molecule has 6 heteroatoms. The molecule has 4 nitrogen and oxygen atoms in total. The van der Waals surface area contributed by atoms with Gasteiger partial charge in [0.25, 0.3) is 5.91 Å². The minimum atomic E-state index is -0.768. The molecule has 16 heavy (non-hydrogen) atoms. The Morgan fingerprint density at radius 2 is 2.06 bits per heavy atom. The quantitative estimate of drug-likeness (QED) is 0.705. The first-order valence-electron chi connectivity index (χ1n) is 4.92. The van der Waals surface area contributed by atoms with Crippen LogP contribution in [-0.4, -0.2) is 44.6 Å². The zero-order valence-electron chi connectivity index (χ0n) is 8.56. The molecule has 1 aromatic rings. The number of amides is 1. The lowest BCUT2D eigenvalue weighted by Crippen LogP contribution is -2.41. The Morgan fingerprint density at radius 1 is 1.38 bits per heavy atom. The van der Waals surface area contributed by atoms with Crippen molar-refractivity contribution in [3.05, 3.63) is 29.0 Å². The monoisotopic (exact) mass is 258 g/mol. The molecule has 0 spiro atoms. The zero-order chi connectivity index (χ0) is 11.5. The highest BCUT2D eigenvalue weighted by molar-refractivity contribution is 7.85. The molecule has 2 heterocycles. The van der Waals surface area contributed by atoms with E-state index in [1.807, 2.05) is 0 Å². The summed E-state index contributed by atoms with van der Waals surface area (Å²) in [7, 11) is -0.768. The lowest BCUT2D eigenvalue weighted by Gasteiger charge is -2.26. The number of pyridine rings is 1. The first-order chi connectivity index (χ1) is 7.66. The van der Waals surface area contributed by atoms with Crippen LogP contribution in [0.2, 0.25) is 5.15 Å². The third kappa shape index (κ3) is 2.59. The fourth-order valence-electron chi connectivity index (χ4n) is 1.53. The highest BCUT2D eigenvalue weighted by atomic mass is 35.5. The maximum absolute atomic E-state index is 12.0. The van der Waals surface area contributed by atoms with Crippen molar-refractivity contribution in [2.75, 3.05) is 24.6 Å². The number of carbonyl (C=O) groups is 1. The minimum absolute atomic E-state index is 0.0686. The van der Waals surface area contributed by atoms with Crippen LogP contribution in [0.4, 0.5) is 0 Å². The largest absolute Gasteiger partial charge is 0.337 e. The Kier molecular flexibility index (Phi) is 3.56. The van der Waals surface area contributed by atoms with Crippen molar-refractivity contribution >= 4 is 28.3 Å². The molecule has 0 atom stereocenters. The highest BCUT2D eigenvalue weighted by Crippen LogP contribution is 2.10. The van der Waals surface area contributed by atoms with Crippen molar-refractivity contribution < 1.29 is 9.00 Å². The van der Waals surface area contributed by atoms with Crippen LogP contribution in [0.1, 0.15) is 10.4 Å². The maximum Gasteiger partial charge on any atom is 0.255 e. The van der Waals surface area contributed by atoms with Crippen LogP contribution in [0.25, 0.3) is 0 Å². The Labute approximate surface area is 101 Å². The molecule has 0 bridgehead atoms. The van der Waals surface area contributed by atoms with Gasteiger partial charge in [0.15, 0.2) is 0 Å².